The Balaban J connectivity index is 1.55. The van der Waals surface area contributed by atoms with Gasteiger partial charge >= 0.3 is 0 Å². The van der Waals surface area contributed by atoms with E-state index in [4.69, 9.17) is 25.5 Å². The Morgan fingerprint density at radius 1 is 1.00 bits per heavy atom. The summed E-state index contributed by atoms with van der Waals surface area (Å²) in [7, 11) is 5.61. The molecular weight excluding hydrogens is 492 g/mol. The quantitative estimate of drug-likeness (QED) is 0.384. The first-order valence-electron chi connectivity index (χ1n) is 12.1. The van der Waals surface area contributed by atoms with Crippen molar-refractivity contribution in [3.63, 3.8) is 0 Å². The third-order valence-electron chi connectivity index (χ3n) is 6.54. The molecule has 4 aromatic rings. The monoisotopic (exact) mass is 519 g/mol. The Bertz CT molecular complexity index is 1510. The minimum Gasteiger partial charge on any atom is -0.493 e. The van der Waals surface area contributed by atoms with Gasteiger partial charge in [-0.2, -0.15) is 0 Å². The summed E-state index contributed by atoms with van der Waals surface area (Å²) in [6.45, 7) is 1.51. The third-order valence-corrected chi connectivity index (χ3v) is 6.79. The largest absolute Gasteiger partial charge is 0.493 e. The van der Waals surface area contributed by atoms with Crippen LogP contribution >= 0.6 is 11.6 Å². The zero-order valence-corrected chi connectivity index (χ0v) is 21.7. The van der Waals surface area contributed by atoms with Gasteiger partial charge in [0.05, 0.1) is 51.3 Å². The summed E-state index contributed by atoms with van der Waals surface area (Å²) in [4.78, 5) is 30.0. The van der Waals surface area contributed by atoms with E-state index >= 15 is 0 Å². The van der Waals surface area contributed by atoms with Gasteiger partial charge in [-0.3, -0.25) is 9.59 Å². The van der Waals surface area contributed by atoms with Crippen LogP contribution in [0.3, 0.4) is 0 Å². The van der Waals surface area contributed by atoms with E-state index in [1.165, 1.54) is 4.90 Å². The maximum absolute atomic E-state index is 13.6. The highest BCUT2D eigenvalue weighted by molar-refractivity contribution is 6.30. The van der Waals surface area contributed by atoms with Crippen LogP contribution in [-0.4, -0.2) is 45.1 Å². The highest BCUT2D eigenvalue weighted by Crippen LogP contribution is 2.40. The molecule has 1 amide bonds. The maximum Gasteiger partial charge on any atom is 0.291 e. The summed E-state index contributed by atoms with van der Waals surface area (Å²) in [5.41, 5.74) is 2.28. The Morgan fingerprint density at radius 2 is 1.76 bits per heavy atom. The van der Waals surface area contributed by atoms with Crippen LogP contribution in [0.1, 0.15) is 33.3 Å². The second kappa shape index (κ2) is 10.3. The molecule has 8 heteroatoms. The summed E-state index contributed by atoms with van der Waals surface area (Å²) < 4.78 is 17.7. The van der Waals surface area contributed by atoms with Crippen molar-refractivity contribution in [2.75, 3.05) is 34.3 Å². The summed E-state index contributed by atoms with van der Waals surface area (Å²) in [6.07, 6.45) is 0. The van der Waals surface area contributed by atoms with Crippen molar-refractivity contribution in [2.45, 2.75) is 12.6 Å². The van der Waals surface area contributed by atoms with Crippen LogP contribution in [0.5, 0.6) is 11.5 Å². The summed E-state index contributed by atoms with van der Waals surface area (Å²) >= 11 is 5.98. The molecule has 1 aromatic heterocycles. The first kappa shape index (κ1) is 24.9. The van der Waals surface area contributed by atoms with E-state index < -0.39 is 6.04 Å². The van der Waals surface area contributed by atoms with Gasteiger partial charge in [0.15, 0.2) is 16.9 Å². The van der Waals surface area contributed by atoms with Crippen molar-refractivity contribution < 1.29 is 23.6 Å². The smallest absolute Gasteiger partial charge is 0.291 e. The van der Waals surface area contributed by atoms with Gasteiger partial charge < -0.3 is 23.7 Å². The van der Waals surface area contributed by atoms with Crippen LogP contribution in [0.4, 0.5) is 0 Å². The van der Waals surface area contributed by atoms with Gasteiger partial charge in [-0.25, -0.2) is 0 Å². The van der Waals surface area contributed by atoms with Gasteiger partial charge in [-0.15, -0.1) is 0 Å². The molecule has 190 valence electrons. The fourth-order valence-corrected chi connectivity index (χ4v) is 4.73. The fourth-order valence-electron chi connectivity index (χ4n) is 4.60. The Labute approximate surface area is 219 Å². The molecule has 0 radical (unpaired) electrons. The molecule has 2 heterocycles. The first-order valence-corrected chi connectivity index (χ1v) is 12.5. The predicted molar refractivity (Wildman–Crippen MR) is 142 cm³/mol. The van der Waals surface area contributed by atoms with Gasteiger partial charge in [0.2, 0.25) is 5.76 Å². The molecule has 0 spiro atoms. The number of rotatable bonds is 8. The molecule has 1 N–H and O–H groups in total. The van der Waals surface area contributed by atoms with Crippen LogP contribution in [0.15, 0.2) is 75.9 Å². The van der Waals surface area contributed by atoms with Crippen LogP contribution in [0, 0.1) is 0 Å². The number of fused-ring (bicyclic) bond motifs is 2. The van der Waals surface area contributed by atoms with Crippen molar-refractivity contribution in [1.82, 2.24) is 4.90 Å². The second-order valence-electron chi connectivity index (χ2n) is 9.35. The predicted octanol–water partition coefficient (Wildman–Crippen LogP) is 3.72. The molecule has 0 saturated heterocycles. The number of hydrogen-bond donors (Lipinski definition) is 1. The highest BCUT2D eigenvalue weighted by atomic mass is 35.5. The molecule has 0 unspecified atom stereocenters. The first-order chi connectivity index (χ1) is 17.9. The van der Waals surface area contributed by atoms with Crippen molar-refractivity contribution in [3.05, 3.63) is 104 Å². The molecular formula is C29H28ClN2O5+. The number of amides is 1. The normalized spacial score (nSPS) is 14.9. The highest BCUT2D eigenvalue weighted by Gasteiger charge is 2.43. The topological polar surface area (TPSA) is 73.4 Å². The molecule has 0 saturated carbocycles. The van der Waals surface area contributed by atoms with Gasteiger partial charge in [-0.1, -0.05) is 41.9 Å². The van der Waals surface area contributed by atoms with Crippen LogP contribution in [0.25, 0.3) is 11.0 Å². The molecule has 0 fully saturated rings. The van der Waals surface area contributed by atoms with E-state index in [9.17, 15) is 9.59 Å². The number of nitrogens with one attached hydrogen (secondary N) is 1. The number of halogens is 1. The number of carbonyl (C=O) groups excluding carboxylic acids is 1. The minimum absolute atomic E-state index is 0.101. The Hall–Kier alpha value is -3.81. The number of nitrogens with zero attached hydrogens (tertiary/aromatic N) is 1. The van der Waals surface area contributed by atoms with Crippen molar-refractivity contribution in [3.8, 4) is 11.5 Å². The molecule has 37 heavy (non-hydrogen) atoms. The lowest BCUT2D eigenvalue weighted by atomic mass is 9.98. The molecule has 0 bridgehead atoms. The number of ether oxygens (including phenoxy) is 2. The Morgan fingerprint density at radius 3 is 2.49 bits per heavy atom. The van der Waals surface area contributed by atoms with Crippen LogP contribution < -0.4 is 19.8 Å². The number of carbonyl (C=O) groups is 1. The molecule has 1 aliphatic heterocycles. The van der Waals surface area contributed by atoms with E-state index in [2.05, 4.69) is 0 Å². The van der Waals surface area contributed by atoms with Gasteiger partial charge in [0, 0.05) is 5.02 Å². The molecule has 3 aromatic carbocycles. The SMILES string of the molecule is COc1cc([C@H]2c3c(oc4ccccc4c3=O)C(=O)N2CC[NH+](C)C)ccc1OCc1ccc(Cl)cc1. The van der Waals surface area contributed by atoms with Gasteiger partial charge in [-0.05, 0) is 47.5 Å². The molecule has 0 aliphatic carbocycles. The van der Waals surface area contributed by atoms with E-state index in [0.29, 0.717) is 52.8 Å². The molecule has 1 atom stereocenters. The lowest BCUT2D eigenvalue weighted by Gasteiger charge is -2.26. The summed E-state index contributed by atoms with van der Waals surface area (Å²) in [6, 6.07) is 19.4. The van der Waals surface area contributed by atoms with Crippen molar-refractivity contribution >= 4 is 28.5 Å². The van der Waals surface area contributed by atoms with E-state index in [0.717, 1.165) is 11.1 Å². The van der Waals surface area contributed by atoms with Crippen molar-refractivity contribution in [1.29, 1.82) is 0 Å². The fraction of sp³-hybridized carbons (Fsp3) is 0.241. The van der Waals surface area contributed by atoms with Crippen molar-refractivity contribution in [2.24, 2.45) is 0 Å². The molecule has 1 aliphatic rings. The lowest BCUT2D eigenvalue weighted by molar-refractivity contribution is -0.857. The van der Waals surface area contributed by atoms with E-state index in [1.807, 2.05) is 56.6 Å². The summed E-state index contributed by atoms with van der Waals surface area (Å²) in [5, 5.41) is 1.11. The molecule has 5 rings (SSSR count). The number of methoxy groups -OCH3 is 1. The zero-order chi connectivity index (χ0) is 26.1. The molecule has 7 nitrogen and oxygen atoms in total. The van der Waals surface area contributed by atoms with Gasteiger partial charge in [0.25, 0.3) is 5.91 Å². The Kier molecular flexibility index (Phi) is 6.91. The second-order valence-corrected chi connectivity index (χ2v) is 9.79. The number of para-hydroxylation sites is 1. The maximum atomic E-state index is 13.6. The van der Waals surface area contributed by atoms with Crippen LogP contribution in [0.2, 0.25) is 5.02 Å². The number of likely N-dealkylation sites (N-methyl/N-ethyl adjacent to an activating group) is 1. The average Bonchev–Trinajstić information content (AvgIpc) is 3.18. The van der Waals surface area contributed by atoms with E-state index in [-0.39, 0.29) is 17.1 Å². The number of benzene rings is 3. The van der Waals surface area contributed by atoms with E-state index in [1.54, 1.807) is 36.3 Å². The standard InChI is InChI=1S/C29H27ClN2O5/c1-31(2)14-15-32-26(25-27(33)21-6-4-5-7-22(21)37-28(25)29(32)34)19-10-13-23(24(16-19)35-3)36-17-18-8-11-20(30)12-9-18/h4-13,16,26H,14-15,17H2,1-3H3/p+1/t26-/m0/s1. The summed E-state index contributed by atoms with van der Waals surface area (Å²) in [5.74, 6) is 0.881. The number of hydrogen-bond acceptors (Lipinski definition) is 5. The third kappa shape index (κ3) is 4.80. The lowest BCUT2D eigenvalue weighted by Crippen LogP contribution is -3.06. The zero-order valence-electron chi connectivity index (χ0n) is 20.9. The van der Waals surface area contributed by atoms with Gasteiger partial charge in [0.1, 0.15) is 12.2 Å². The number of quaternary nitrogens is 1. The average molecular weight is 520 g/mol. The minimum atomic E-state index is -0.595. The van der Waals surface area contributed by atoms with Crippen LogP contribution in [-0.2, 0) is 6.61 Å².